The lowest BCUT2D eigenvalue weighted by atomic mass is 10.00. The molecule has 2 N–H and O–H groups in total. The van der Waals surface area contributed by atoms with Crippen molar-refractivity contribution in [3.05, 3.63) is 53.8 Å². The zero-order valence-corrected chi connectivity index (χ0v) is 17.1. The maximum Gasteiger partial charge on any atom is 0.156 e. The lowest BCUT2D eigenvalue weighted by Gasteiger charge is -2.35. The van der Waals surface area contributed by atoms with E-state index in [-0.39, 0.29) is 0 Å². The summed E-state index contributed by atoms with van der Waals surface area (Å²) in [5, 5.41) is 12.3. The van der Waals surface area contributed by atoms with E-state index in [1.54, 1.807) is 0 Å². The second-order valence-corrected chi connectivity index (χ2v) is 8.05. The molecule has 0 atom stereocenters. The van der Waals surface area contributed by atoms with Crippen LogP contribution in [0.25, 0.3) is 22.4 Å². The van der Waals surface area contributed by atoms with Crippen molar-refractivity contribution in [1.29, 1.82) is 0 Å². The van der Waals surface area contributed by atoms with E-state index in [1.165, 1.54) is 0 Å². The zero-order valence-electron chi connectivity index (χ0n) is 16.3. The van der Waals surface area contributed by atoms with Gasteiger partial charge in [0, 0.05) is 48.2 Å². The summed E-state index contributed by atoms with van der Waals surface area (Å²) in [6, 6.07) is 12.9. The second-order valence-electron chi connectivity index (χ2n) is 7.61. The molecule has 0 amide bonds. The third-order valence-electron chi connectivity index (χ3n) is 5.47. The molecule has 0 unspecified atom stereocenters. The van der Waals surface area contributed by atoms with Crippen molar-refractivity contribution in [1.82, 2.24) is 20.1 Å². The fourth-order valence-corrected chi connectivity index (χ4v) is 3.95. The molecule has 0 bridgehead atoms. The highest BCUT2D eigenvalue weighted by molar-refractivity contribution is 6.30. The normalized spacial score (nSPS) is 15.9. The average Bonchev–Trinajstić information content (AvgIpc) is 3.13. The van der Waals surface area contributed by atoms with Crippen molar-refractivity contribution in [2.24, 2.45) is 0 Å². The third-order valence-corrected chi connectivity index (χ3v) is 5.72. The van der Waals surface area contributed by atoms with Gasteiger partial charge in [-0.2, -0.15) is 5.10 Å². The maximum absolute atomic E-state index is 6.07. The van der Waals surface area contributed by atoms with E-state index in [0.29, 0.717) is 12.1 Å². The Hall–Kier alpha value is -2.37. The van der Waals surface area contributed by atoms with Gasteiger partial charge in [0.1, 0.15) is 0 Å². The van der Waals surface area contributed by atoms with Gasteiger partial charge in [0.25, 0.3) is 0 Å². The fourth-order valence-electron chi connectivity index (χ4n) is 3.83. The number of aromatic amines is 1. The minimum absolute atomic E-state index is 0.428. The minimum atomic E-state index is 0.428. The van der Waals surface area contributed by atoms with Crippen molar-refractivity contribution >= 4 is 17.4 Å². The summed E-state index contributed by atoms with van der Waals surface area (Å²) in [6.07, 6.45) is 5.88. The predicted molar refractivity (Wildman–Crippen MR) is 116 cm³/mol. The van der Waals surface area contributed by atoms with Crippen LogP contribution in [0.5, 0.6) is 0 Å². The van der Waals surface area contributed by atoms with E-state index >= 15 is 0 Å². The van der Waals surface area contributed by atoms with Crippen LogP contribution in [0, 0.1) is 0 Å². The van der Waals surface area contributed by atoms with Crippen LogP contribution in [0.3, 0.4) is 0 Å². The van der Waals surface area contributed by atoms with Crippen LogP contribution in [-0.4, -0.2) is 45.3 Å². The van der Waals surface area contributed by atoms with Gasteiger partial charge in [-0.3, -0.25) is 10.1 Å². The van der Waals surface area contributed by atoms with Crippen molar-refractivity contribution in [2.45, 2.75) is 38.8 Å². The average molecular weight is 396 g/mol. The molecule has 0 radical (unpaired) electrons. The van der Waals surface area contributed by atoms with Crippen LogP contribution in [-0.2, 0) is 0 Å². The number of hydrogen-bond acceptors (Lipinski definition) is 4. The Morgan fingerprint density at radius 2 is 1.71 bits per heavy atom. The van der Waals surface area contributed by atoms with E-state index in [9.17, 15) is 0 Å². The molecule has 3 heterocycles. The standard InChI is InChI=1S/C22H26ClN5/c1-15(2)28-13-9-19(10-14-28)25-22-20(16-7-11-24-12-8-16)21(26-27-22)17-3-5-18(23)6-4-17/h3-8,11-12,15,19H,9-10,13-14H2,1-2H3,(H2,25,26,27). The Bertz CT molecular complexity index is 896. The number of benzene rings is 1. The molecule has 146 valence electrons. The number of anilines is 1. The number of likely N-dealkylation sites (tertiary alicyclic amines) is 1. The summed E-state index contributed by atoms with van der Waals surface area (Å²) in [4.78, 5) is 6.70. The van der Waals surface area contributed by atoms with E-state index in [4.69, 9.17) is 11.6 Å². The molecule has 1 aliphatic rings. The Balaban J connectivity index is 1.64. The van der Waals surface area contributed by atoms with E-state index < -0.39 is 0 Å². The van der Waals surface area contributed by atoms with E-state index in [2.05, 4.69) is 39.2 Å². The molecular formula is C22H26ClN5. The summed E-state index contributed by atoms with van der Waals surface area (Å²) in [5.41, 5.74) is 4.23. The molecule has 0 saturated carbocycles. The highest BCUT2D eigenvalue weighted by Crippen LogP contribution is 2.37. The lowest BCUT2D eigenvalue weighted by Crippen LogP contribution is -2.42. The summed E-state index contributed by atoms with van der Waals surface area (Å²) in [5.74, 6) is 0.902. The number of pyridine rings is 1. The van der Waals surface area contributed by atoms with Gasteiger partial charge in [-0.05, 0) is 56.5 Å². The van der Waals surface area contributed by atoms with Gasteiger partial charge < -0.3 is 10.2 Å². The van der Waals surface area contributed by atoms with Crippen molar-refractivity contribution in [2.75, 3.05) is 18.4 Å². The molecule has 0 spiro atoms. The van der Waals surface area contributed by atoms with Crippen LogP contribution in [0.15, 0.2) is 48.8 Å². The first-order valence-electron chi connectivity index (χ1n) is 9.87. The molecule has 2 aromatic heterocycles. The molecule has 3 aromatic rings. The Kier molecular flexibility index (Phi) is 5.64. The highest BCUT2D eigenvalue weighted by Gasteiger charge is 2.24. The number of piperidine rings is 1. The van der Waals surface area contributed by atoms with Gasteiger partial charge in [-0.15, -0.1) is 0 Å². The highest BCUT2D eigenvalue weighted by atomic mass is 35.5. The van der Waals surface area contributed by atoms with E-state index in [1.807, 2.05) is 48.8 Å². The Morgan fingerprint density at radius 1 is 1.04 bits per heavy atom. The van der Waals surface area contributed by atoms with Crippen LogP contribution in [0.2, 0.25) is 5.02 Å². The summed E-state index contributed by atoms with van der Waals surface area (Å²) >= 11 is 6.07. The van der Waals surface area contributed by atoms with Crippen LogP contribution < -0.4 is 5.32 Å². The first kappa shape index (κ1) is 19.0. The van der Waals surface area contributed by atoms with Crippen molar-refractivity contribution in [3.63, 3.8) is 0 Å². The smallest absolute Gasteiger partial charge is 0.156 e. The van der Waals surface area contributed by atoms with Gasteiger partial charge in [0.05, 0.1) is 11.3 Å². The maximum atomic E-state index is 6.07. The Labute approximate surface area is 171 Å². The van der Waals surface area contributed by atoms with Gasteiger partial charge in [-0.25, -0.2) is 0 Å². The summed E-state index contributed by atoms with van der Waals surface area (Å²) in [7, 11) is 0. The molecule has 1 saturated heterocycles. The number of aromatic nitrogens is 3. The fraction of sp³-hybridized carbons (Fsp3) is 0.364. The van der Waals surface area contributed by atoms with Crippen molar-refractivity contribution in [3.8, 4) is 22.4 Å². The molecule has 1 fully saturated rings. The zero-order chi connectivity index (χ0) is 19.5. The number of hydrogen-bond donors (Lipinski definition) is 2. The number of rotatable bonds is 5. The number of halogens is 1. The second kappa shape index (κ2) is 8.33. The first-order valence-corrected chi connectivity index (χ1v) is 10.2. The molecule has 6 heteroatoms. The van der Waals surface area contributed by atoms with Gasteiger partial charge >= 0.3 is 0 Å². The molecule has 4 rings (SSSR count). The lowest BCUT2D eigenvalue weighted by molar-refractivity contribution is 0.177. The van der Waals surface area contributed by atoms with Crippen LogP contribution in [0.4, 0.5) is 5.82 Å². The molecule has 5 nitrogen and oxygen atoms in total. The van der Waals surface area contributed by atoms with Crippen LogP contribution in [0.1, 0.15) is 26.7 Å². The number of H-pyrrole nitrogens is 1. The first-order chi connectivity index (χ1) is 13.6. The van der Waals surface area contributed by atoms with Crippen LogP contribution >= 0.6 is 11.6 Å². The quantitative estimate of drug-likeness (QED) is 0.632. The largest absolute Gasteiger partial charge is 0.365 e. The third kappa shape index (κ3) is 4.05. The topological polar surface area (TPSA) is 56.8 Å². The van der Waals surface area contributed by atoms with Crippen molar-refractivity contribution < 1.29 is 0 Å². The predicted octanol–water partition coefficient (Wildman–Crippen LogP) is 5.08. The van der Waals surface area contributed by atoms with Gasteiger partial charge in [0.2, 0.25) is 0 Å². The summed E-state index contributed by atoms with van der Waals surface area (Å²) < 4.78 is 0. The summed E-state index contributed by atoms with van der Waals surface area (Å²) in [6.45, 7) is 6.77. The number of nitrogens with zero attached hydrogens (tertiary/aromatic N) is 3. The Morgan fingerprint density at radius 3 is 2.36 bits per heavy atom. The molecule has 1 aromatic carbocycles. The molecule has 0 aliphatic carbocycles. The van der Waals surface area contributed by atoms with E-state index in [0.717, 1.165) is 59.2 Å². The van der Waals surface area contributed by atoms with Gasteiger partial charge in [-0.1, -0.05) is 23.7 Å². The molecule has 28 heavy (non-hydrogen) atoms. The van der Waals surface area contributed by atoms with Gasteiger partial charge in [0.15, 0.2) is 5.82 Å². The monoisotopic (exact) mass is 395 g/mol. The molecule has 1 aliphatic heterocycles. The SMILES string of the molecule is CC(C)N1CCC(Nc2n[nH]c(-c3ccc(Cl)cc3)c2-c2ccncc2)CC1. The number of nitrogens with one attached hydrogen (secondary N) is 2. The minimum Gasteiger partial charge on any atom is -0.365 e. The molecular weight excluding hydrogens is 370 g/mol.